The van der Waals surface area contributed by atoms with E-state index in [4.69, 9.17) is 5.73 Å². The molecule has 22 heavy (non-hydrogen) atoms. The van der Waals surface area contributed by atoms with Gasteiger partial charge in [-0.1, -0.05) is 54.6 Å². The van der Waals surface area contributed by atoms with Crippen LogP contribution in [0, 0.1) is 0 Å². The predicted molar refractivity (Wildman–Crippen MR) is 90.0 cm³/mol. The van der Waals surface area contributed by atoms with Crippen LogP contribution in [0.4, 0.5) is 0 Å². The van der Waals surface area contributed by atoms with Gasteiger partial charge in [-0.2, -0.15) is 0 Å². The van der Waals surface area contributed by atoms with Gasteiger partial charge in [0.05, 0.1) is 17.6 Å². The van der Waals surface area contributed by atoms with Gasteiger partial charge in [-0.25, -0.2) is 4.98 Å². The van der Waals surface area contributed by atoms with Gasteiger partial charge in [0.15, 0.2) is 0 Å². The molecular weight excluding hydrogens is 272 g/mol. The average molecular weight is 288 g/mol. The zero-order valence-corrected chi connectivity index (χ0v) is 12.1. The number of carbonyl (C=O) groups excluding carboxylic acids is 1. The highest BCUT2D eigenvalue weighted by Gasteiger charge is 2.06. The highest BCUT2D eigenvalue weighted by atomic mass is 16.1. The Morgan fingerprint density at radius 2 is 1.73 bits per heavy atom. The Morgan fingerprint density at radius 1 is 1.00 bits per heavy atom. The Kier molecular flexibility index (Phi) is 3.97. The molecule has 2 N–H and O–H groups in total. The van der Waals surface area contributed by atoms with E-state index >= 15 is 0 Å². The van der Waals surface area contributed by atoms with Gasteiger partial charge in [-0.15, -0.1) is 0 Å². The van der Waals surface area contributed by atoms with Gasteiger partial charge in [0, 0.05) is 5.39 Å². The number of benzene rings is 2. The molecule has 3 aromatic rings. The number of primary amides is 1. The average Bonchev–Trinajstić information content (AvgIpc) is 2.53. The van der Waals surface area contributed by atoms with Gasteiger partial charge >= 0.3 is 0 Å². The molecule has 0 aliphatic carbocycles. The number of nitrogens with two attached hydrogens (primary N) is 1. The molecule has 108 valence electrons. The molecule has 3 nitrogen and oxygen atoms in total. The van der Waals surface area contributed by atoms with Crippen LogP contribution in [0.3, 0.4) is 0 Å². The number of nitrogens with zero attached hydrogens (tertiary/aromatic N) is 1. The Bertz CT molecular complexity index is 838. The van der Waals surface area contributed by atoms with Crippen molar-refractivity contribution in [3.05, 3.63) is 77.5 Å². The van der Waals surface area contributed by atoms with E-state index in [-0.39, 0.29) is 12.3 Å². The van der Waals surface area contributed by atoms with Crippen molar-refractivity contribution in [1.82, 2.24) is 4.98 Å². The van der Waals surface area contributed by atoms with Crippen molar-refractivity contribution in [3.8, 4) is 0 Å². The van der Waals surface area contributed by atoms with E-state index in [1.165, 1.54) is 0 Å². The van der Waals surface area contributed by atoms with E-state index < -0.39 is 0 Å². The zero-order chi connectivity index (χ0) is 15.4. The molecule has 3 heteroatoms. The number of fused-ring (bicyclic) bond motifs is 1. The second-order valence-electron chi connectivity index (χ2n) is 5.11. The largest absolute Gasteiger partial charge is 0.369 e. The van der Waals surface area contributed by atoms with Crippen LogP contribution in [-0.4, -0.2) is 10.9 Å². The van der Waals surface area contributed by atoms with Crippen LogP contribution >= 0.6 is 0 Å². The van der Waals surface area contributed by atoms with Crippen LogP contribution in [0.5, 0.6) is 0 Å². The summed E-state index contributed by atoms with van der Waals surface area (Å²) >= 11 is 0. The summed E-state index contributed by atoms with van der Waals surface area (Å²) in [6, 6.07) is 19.7. The molecule has 3 rings (SSSR count). The fraction of sp³-hybridized carbons (Fsp3) is 0.0526. The van der Waals surface area contributed by atoms with Crippen LogP contribution in [0.25, 0.3) is 23.1 Å². The second-order valence-corrected chi connectivity index (χ2v) is 5.11. The summed E-state index contributed by atoms with van der Waals surface area (Å²) in [6.07, 6.45) is 4.17. The van der Waals surface area contributed by atoms with Gasteiger partial charge in [-0.3, -0.25) is 4.79 Å². The summed E-state index contributed by atoms with van der Waals surface area (Å²) in [6.45, 7) is 0. The number of para-hydroxylation sites is 1. The van der Waals surface area contributed by atoms with E-state index in [0.29, 0.717) is 0 Å². The van der Waals surface area contributed by atoms with Gasteiger partial charge in [-0.05, 0) is 29.3 Å². The third-order valence-electron chi connectivity index (χ3n) is 3.43. The van der Waals surface area contributed by atoms with E-state index in [1.54, 1.807) is 0 Å². The van der Waals surface area contributed by atoms with Crippen molar-refractivity contribution in [2.45, 2.75) is 6.42 Å². The number of pyridine rings is 1. The highest BCUT2D eigenvalue weighted by Crippen LogP contribution is 2.20. The van der Waals surface area contributed by atoms with Crippen LogP contribution in [0.15, 0.2) is 60.7 Å². The monoisotopic (exact) mass is 288 g/mol. The molecule has 0 radical (unpaired) electrons. The first-order valence-corrected chi connectivity index (χ1v) is 7.12. The maximum absolute atomic E-state index is 11.3. The minimum atomic E-state index is -0.339. The summed E-state index contributed by atoms with van der Waals surface area (Å²) in [5.41, 5.74) is 9.05. The first kappa shape index (κ1) is 14.0. The first-order chi connectivity index (χ1) is 10.7. The summed E-state index contributed by atoms with van der Waals surface area (Å²) in [5, 5.41) is 0.971. The van der Waals surface area contributed by atoms with Gasteiger partial charge in [0.1, 0.15) is 0 Å². The van der Waals surface area contributed by atoms with Crippen LogP contribution < -0.4 is 5.73 Å². The number of hydrogen-bond donors (Lipinski definition) is 1. The van der Waals surface area contributed by atoms with Crippen molar-refractivity contribution in [1.29, 1.82) is 0 Å². The molecular formula is C19H16N2O. The predicted octanol–water partition coefficient (Wildman–Crippen LogP) is 3.43. The Morgan fingerprint density at radius 3 is 2.50 bits per heavy atom. The molecule has 1 aromatic heterocycles. The third-order valence-corrected chi connectivity index (χ3v) is 3.43. The fourth-order valence-corrected chi connectivity index (χ4v) is 2.44. The number of carbonyl (C=O) groups is 1. The van der Waals surface area contributed by atoms with Crippen molar-refractivity contribution in [2.75, 3.05) is 0 Å². The van der Waals surface area contributed by atoms with Gasteiger partial charge < -0.3 is 5.73 Å². The van der Waals surface area contributed by atoms with E-state index in [2.05, 4.69) is 4.98 Å². The minimum absolute atomic E-state index is 0.217. The minimum Gasteiger partial charge on any atom is -0.369 e. The van der Waals surface area contributed by atoms with Gasteiger partial charge in [0.25, 0.3) is 0 Å². The summed E-state index contributed by atoms with van der Waals surface area (Å²) in [7, 11) is 0. The Hall–Kier alpha value is -2.94. The quantitative estimate of drug-likeness (QED) is 0.799. The van der Waals surface area contributed by atoms with Crippen molar-refractivity contribution < 1.29 is 4.79 Å². The molecule has 2 aromatic carbocycles. The lowest BCUT2D eigenvalue weighted by atomic mass is 10.0. The molecule has 0 unspecified atom stereocenters. The Balaban J connectivity index is 2.03. The van der Waals surface area contributed by atoms with E-state index in [0.717, 1.165) is 27.7 Å². The smallest absolute Gasteiger partial charge is 0.221 e. The molecule has 0 spiro atoms. The molecule has 0 fully saturated rings. The van der Waals surface area contributed by atoms with Crippen molar-refractivity contribution >= 4 is 29.0 Å². The first-order valence-electron chi connectivity index (χ1n) is 7.12. The van der Waals surface area contributed by atoms with Crippen molar-refractivity contribution in [3.63, 3.8) is 0 Å². The summed E-state index contributed by atoms with van der Waals surface area (Å²) in [5.74, 6) is -0.339. The molecule has 0 atom stereocenters. The standard InChI is InChI=1S/C19H16N2O/c20-19(22)13-15-12-16(11-10-14-6-2-1-3-7-14)21-18-9-5-4-8-17(15)18/h1-12H,13H2,(H2,20,22). The SMILES string of the molecule is NC(=O)Cc1cc(C=Cc2ccccc2)nc2ccccc12. The number of rotatable bonds is 4. The summed E-state index contributed by atoms with van der Waals surface area (Å²) < 4.78 is 0. The van der Waals surface area contributed by atoms with Crippen molar-refractivity contribution in [2.24, 2.45) is 5.73 Å². The zero-order valence-electron chi connectivity index (χ0n) is 12.1. The van der Waals surface area contributed by atoms with Gasteiger partial charge in [0.2, 0.25) is 5.91 Å². The number of hydrogen-bond acceptors (Lipinski definition) is 2. The van der Waals surface area contributed by atoms with Crippen LogP contribution in [0.1, 0.15) is 16.8 Å². The molecule has 1 amide bonds. The maximum atomic E-state index is 11.3. The third kappa shape index (κ3) is 3.20. The molecule has 0 aliphatic heterocycles. The Labute approximate surface area is 129 Å². The molecule has 0 aliphatic rings. The second kappa shape index (κ2) is 6.22. The topological polar surface area (TPSA) is 56.0 Å². The lowest BCUT2D eigenvalue weighted by Crippen LogP contribution is -2.14. The van der Waals surface area contributed by atoms with E-state index in [1.807, 2.05) is 72.8 Å². The molecule has 1 heterocycles. The number of amides is 1. The number of aromatic nitrogens is 1. The maximum Gasteiger partial charge on any atom is 0.221 e. The summed E-state index contributed by atoms with van der Waals surface area (Å²) in [4.78, 5) is 15.9. The highest BCUT2D eigenvalue weighted by molar-refractivity contribution is 5.89. The van der Waals surface area contributed by atoms with Crippen LogP contribution in [-0.2, 0) is 11.2 Å². The fourth-order valence-electron chi connectivity index (χ4n) is 2.44. The normalized spacial score (nSPS) is 11.1. The molecule has 0 bridgehead atoms. The van der Waals surface area contributed by atoms with Crippen LogP contribution in [0.2, 0.25) is 0 Å². The van der Waals surface area contributed by atoms with E-state index in [9.17, 15) is 4.79 Å². The lowest BCUT2D eigenvalue weighted by Gasteiger charge is -2.06. The molecule has 0 saturated carbocycles. The molecule has 0 saturated heterocycles. The lowest BCUT2D eigenvalue weighted by molar-refractivity contribution is -0.117.